The zero-order valence-corrected chi connectivity index (χ0v) is 27.8. The summed E-state index contributed by atoms with van der Waals surface area (Å²) < 4.78 is -0.0413. The molecule has 8 nitrogen and oxygen atoms in total. The molecule has 3 aliphatic rings. The third-order valence-electron chi connectivity index (χ3n) is 9.54. The van der Waals surface area contributed by atoms with E-state index in [1.54, 1.807) is 0 Å². The minimum atomic E-state index is -0.872. The van der Waals surface area contributed by atoms with Gasteiger partial charge in [0.25, 0.3) is 0 Å². The molecule has 0 aliphatic carbocycles. The smallest absolute Gasteiger partial charge is 0.660 e. The first-order chi connectivity index (χ1) is 20.4. The molecule has 8 bridgehead atoms. The fourth-order valence-corrected chi connectivity index (χ4v) is 8.37. The number of aliphatic carboxylic acids is 2. The van der Waals surface area contributed by atoms with Gasteiger partial charge < -0.3 is 30.5 Å². The van der Waals surface area contributed by atoms with E-state index in [1.807, 2.05) is 26.0 Å². The number of carboxylic acids is 2. The number of rotatable bonds is 7. The number of hydrogen-bond acceptors (Lipinski definition) is 2. The molecule has 230 valence electrons. The molecule has 1 unspecified atom stereocenters. The molecule has 6 heterocycles. The average molecular weight is 654 g/mol. The van der Waals surface area contributed by atoms with Crippen LogP contribution in [0.15, 0.2) is 11.4 Å². The van der Waals surface area contributed by atoms with Crippen LogP contribution < -0.4 is 25.7 Å². The Morgan fingerprint density at radius 1 is 0.773 bits per heavy atom. The Morgan fingerprint density at radius 3 is 1.91 bits per heavy atom. The second-order valence-corrected chi connectivity index (χ2v) is 13.7. The maximum atomic E-state index is 11.6. The summed E-state index contributed by atoms with van der Waals surface area (Å²) in [6, 6.07) is 0. The second kappa shape index (κ2) is 11.9. The maximum absolute atomic E-state index is 11.6. The minimum Gasteiger partial charge on any atom is -0.660 e. The Balaban J connectivity index is 0.00000384. The van der Waals surface area contributed by atoms with Crippen LogP contribution >= 0.6 is 0 Å². The van der Waals surface area contributed by atoms with Gasteiger partial charge in [-0.15, -0.1) is 33.5 Å². The van der Waals surface area contributed by atoms with Gasteiger partial charge >= 0.3 is 29.0 Å². The fourth-order valence-electron chi connectivity index (χ4n) is 6.85. The van der Waals surface area contributed by atoms with Crippen molar-refractivity contribution in [1.29, 1.82) is 0 Å². The van der Waals surface area contributed by atoms with E-state index in [0.717, 1.165) is 68.1 Å². The Bertz CT molecular complexity index is 1860. The Kier molecular flexibility index (Phi) is 8.66. The summed E-state index contributed by atoms with van der Waals surface area (Å²) in [6.45, 7) is 12.7. The van der Waals surface area contributed by atoms with Crippen molar-refractivity contribution in [1.82, 2.24) is 15.0 Å². The van der Waals surface area contributed by atoms with E-state index in [1.165, 1.54) is 17.3 Å². The van der Waals surface area contributed by atoms with Gasteiger partial charge in [-0.1, -0.05) is 77.2 Å². The Hall–Kier alpha value is -3.33. The quantitative estimate of drug-likeness (QED) is 0.173. The predicted molar refractivity (Wildman–Crippen MR) is 171 cm³/mol. The molecule has 3 aromatic heterocycles. The first-order valence-corrected chi connectivity index (χ1v) is 15.9. The number of fused-ring (bicyclic) bond motifs is 9. The van der Waals surface area contributed by atoms with E-state index in [9.17, 15) is 19.8 Å². The van der Waals surface area contributed by atoms with Crippen LogP contribution in [-0.2, 0) is 57.7 Å². The van der Waals surface area contributed by atoms with E-state index in [0.29, 0.717) is 29.1 Å². The van der Waals surface area contributed by atoms with Gasteiger partial charge in [0, 0.05) is 18.8 Å². The summed E-state index contributed by atoms with van der Waals surface area (Å²) in [5.41, 5.74) is 11.2. The van der Waals surface area contributed by atoms with Crippen LogP contribution in [0.5, 0.6) is 0 Å². The van der Waals surface area contributed by atoms with Crippen LogP contribution in [-0.4, -0.2) is 32.1 Å². The molecule has 0 aromatic carbocycles. The molecule has 0 saturated carbocycles. The molecule has 44 heavy (non-hydrogen) atoms. The predicted octanol–water partition coefficient (Wildman–Crippen LogP) is 3.41. The second-order valence-electron chi connectivity index (χ2n) is 11.9. The van der Waals surface area contributed by atoms with Crippen molar-refractivity contribution in [3.8, 4) is 0 Å². The molecule has 3 aliphatic heterocycles. The van der Waals surface area contributed by atoms with Crippen LogP contribution in [0, 0.1) is 26.7 Å². The van der Waals surface area contributed by atoms with Gasteiger partial charge in [-0.2, -0.15) is 5.70 Å². The van der Waals surface area contributed by atoms with Crippen molar-refractivity contribution in [3.63, 3.8) is 0 Å². The summed E-state index contributed by atoms with van der Waals surface area (Å²) in [5.74, 6) is -1.54. The Morgan fingerprint density at radius 2 is 1.32 bits per heavy atom. The summed E-state index contributed by atoms with van der Waals surface area (Å²) in [6.07, 6.45) is 9.61. The molecule has 10 heteroatoms. The molecule has 2 fully saturated rings. The van der Waals surface area contributed by atoms with Crippen LogP contribution in [0.2, 0.25) is 0 Å². The summed E-state index contributed by atoms with van der Waals surface area (Å²) >= 11 is 1.36. The number of nitrogens with zero attached hydrogens (tertiary/aromatic N) is 4. The average Bonchev–Trinajstić information content (AvgIpc) is 3.09. The zero-order valence-electron chi connectivity index (χ0n) is 25.8. The van der Waals surface area contributed by atoms with Gasteiger partial charge in [0.1, 0.15) is 0 Å². The maximum Gasteiger partial charge on any atom is 4.00 e. The number of carbonyl (C=O) groups is 2. The number of allylic oxidation sites excluding steroid dienone is 1. The third kappa shape index (κ3) is 5.31. The van der Waals surface area contributed by atoms with Crippen molar-refractivity contribution in [2.24, 2.45) is 5.92 Å². The van der Waals surface area contributed by atoms with E-state index in [4.69, 9.17) is 20.3 Å². The molecule has 1 spiro atoms. The van der Waals surface area contributed by atoms with Crippen LogP contribution in [0.3, 0.4) is 0 Å². The van der Waals surface area contributed by atoms with Crippen molar-refractivity contribution < 1.29 is 36.9 Å². The van der Waals surface area contributed by atoms with E-state index in [2.05, 4.69) is 39.8 Å². The normalized spacial score (nSPS) is 25.4. The standard InChI is InChI=1S/C34H36N4O4S.Fe/c1-7-21-16(2)26-15-31-34(20(6)43-34)19(5)27(38-31)12-24-17(3)22(8-10-32(39)40)29(35-24)14-30-23(9-11-33(41)42)18(4)25(36-30)13-28(21)37-26;/h12-15,19-20H,7-11H2,1-6H3,(H,39,40)(H,41,42);/q-4;+4/p+1/b25-13-,27-12-,30-14-,31-15-;/t19?,20-,34+;/m0./s1. The van der Waals surface area contributed by atoms with Gasteiger partial charge in [-0.25, -0.2) is 0 Å². The van der Waals surface area contributed by atoms with E-state index < -0.39 is 11.9 Å². The molecule has 3 aromatic rings. The van der Waals surface area contributed by atoms with Crippen LogP contribution in [0.25, 0.3) is 29.6 Å². The number of carboxylic acid groups (broad SMARTS) is 2. The summed E-state index contributed by atoms with van der Waals surface area (Å²) in [4.78, 5) is 38.3. The number of thiol groups is 1. The zero-order chi connectivity index (χ0) is 30.8. The minimum absolute atomic E-state index is 0. The SMILES string of the molecule is CCc1c2[n-]c(c1C)/C=C1\[N-]/C(=C\c3[n-]c(c(CCC(=O)O)c3C)/C=c3\[n-]/c(c(C)c3CCC(=O)O)=C\2)C(C)[C@]12[SH+][C@H]2C.[Fe+4]. The molecule has 2 saturated heterocycles. The molecule has 0 amide bonds. The number of hydrogen-bond donors (Lipinski definition) is 2. The molecule has 3 atom stereocenters. The molecular formula is C34H37FeN4O4S+. The van der Waals surface area contributed by atoms with Crippen molar-refractivity contribution in [2.45, 2.75) is 83.6 Å². The Labute approximate surface area is 272 Å². The topological polar surface area (TPSA) is 131 Å². The van der Waals surface area contributed by atoms with Crippen molar-refractivity contribution in [3.05, 3.63) is 83.6 Å². The number of aromatic nitrogens is 3. The van der Waals surface area contributed by atoms with Crippen LogP contribution in [0.1, 0.15) is 89.8 Å². The first kappa shape index (κ1) is 32.1. The van der Waals surface area contributed by atoms with Gasteiger partial charge in [0.15, 0.2) is 10.00 Å². The van der Waals surface area contributed by atoms with Crippen molar-refractivity contribution >= 4 is 48.0 Å². The summed E-state index contributed by atoms with van der Waals surface area (Å²) in [7, 11) is 0. The molecule has 0 radical (unpaired) electrons. The van der Waals surface area contributed by atoms with Crippen LogP contribution in [0.4, 0.5) is 0 Å². The van der Waals surface area contributed by atoms with Gasteiger partial charge in [-0.3, -0.25) is 9.59 Å². The molecular weight excluding hydrogens is 616 g/mol. The third-order valence-corrected chi connectivity index (χ3v) is 11.5. The van der Waals surface area contributed by atoms with E-state index >= 15 is 0 Å². The molecule has 2 N–H and O–H groups in total. The largest absolute Gasteiger partial charge is 4.00 e. The molecule has 6 rings (SSSR count). The first-order valence-electron chi connectivity index (χ1n) is 14.9. The van der Waals surface area contributed by atoms with Gasteiger partial charge in [-0.05, 0) is 58.7 Å². The van der Waals surface area contributed by atoms with Crippen molar-refractivity contribution in [2.75, 3.05) is 0 Å². The van der Waals surface area contributed by atoms with Gasteiger partial charge in [0.2, 0.25) is 0 Å². The van der Waals surface area contributed by atoms with Gasteiger partial charge in [0.05, 0.1) is 0 Å². The van der Waals surface area contributed by atoms with E-state index in [-0.39, 0.29) is 40.6 Å². The monoisotopic (exact) mass is 653 g/mol. The summed E-state index contributed by atoms with van der Waals surface area (Å²) in [5, 5.41) is 26.1. The fraction of sp³-hybridized carbons (Fsp3) is 0.412.